The molecule has 1 aliphatic heterocycles. The smallest absolute Gasteiger partial charge is 0.262 e. The van der Waals surface area contributed by atoms with Crippen molar-refractivity contribution in [1.29, 1.82) is 0 Å². The number of hydrogen-bond donors (Lipinski definition) is 2. The average molecular weight is 646 g/mol. The van der Waals surface area contributed by atoms with Crippen molar-refractivity contribution in [3.05, 3.63) is 120 Å². The van der Waals surface area contributed by atoms with E-state index in [0.29, 0.717) is 53.1 Å². The van der Waals surface area contributed by atoms with Gasteiger partial charge in [0.15, 0.2) is 17.5 Å². The van der Waals surface area contributed by atoms with Crippen LogP contribution < -0.4 is 10.5 Å². The summed E-state index contributed by atoms with van der Waals surface area (Å²) in [5.41, 5.74) is 9.09. The monoisotopic (exact) mass is 645 g/mol. The predicted octanol–water partition coefficient (Wildman–Crippen LogP) is 6.05. The summed E-state index contributed by atoms with van der Waals surface area (Å²) in [6.07, 6.45) is 1.65. The number of piperazine rings is 1. The molecule has 8 nitrogen and oxygen atoms in total. The normalized spacial score (nSPS) is 15.7. The largest absolute Gasteiger partial charge is 0.399 e. The fourth-order valence-corrected chi connectivity index (χ4v) is 7.07. The third-order valence-corrected chi connectivity index (χ3v) is 9.46. The SMILES string of the molecule is C[C@@H]1CN(Cc2cc(F)c(F)c(F)c2)CCN1C(=O)c1ccc(NS(=O)(=O)c2ccc(N)cc2-c2cccc3cccnc23)cc1. The van der Waals surface area contributed by atoms with Crippen molar-refractivity contribution in [3.63, 3.8) is 0 Å². The molecule has 1 aliphatic rings. The topological polar surface area (TPSA) is 109 Å². The summed E-state index contributed by atoms with van der Waals surface area (Å²) in [7, 11) is -4.08. The van der Waals surface area contributed by atoms with Crippen molar-refractivity contribution in [2.45, 2.75) is 24.4 Å². The van der Waals surface area contributed by atoms with Gasteiger partial charge in [0.25, 0.3) is 15.9 Å². The van der Waals surface area contributed by atoms with Gasteiger partial charge in [-0.3, -0.25) is 19.4 Å². The number of pyridine rings is 1. The second-order valence-electron chi connectivity index (χ2n) is 11.3. The van der Waals surface area contributed by atoms with Crippen molar-refractivity contribution >= 4 is 38.2 Å². The van der Waals surface area contributed by atoms with E-state index in [2.05, 4.69) is 9.71 Å². The predicted molar refractivity (Wildman–Crippen MR) is 171 cm³/mol. The van der Waals surface area contributed by atoms with E-state index >= 15 is 0 Å². The number of halogens is 3. The van der Waals surface area contributed by atoms with E-state index in [4.69, 9.17) is 5.73 Å². The van der Waals surface area contributed by atoms with Crippen molar-refractivity contribution in [3.8, 4) is 11.1 Å². The maximum absolute atomic E-state index is 13.7. The van der Waals surface area contributed by atoms with E-state index in [1.807, 2.05) is 36.1 Å². The van der Waals surface area contributed by atoms with Gasteiger partial charge in [-0.2, -0.15) is 0 Å². The number of hydrogen-bond acceptors (Lipinski definition) is 6. The molecule has 3 N–H and O–H groups in total. The molecular formula is C34H30F3N5O3S. The molecule has 0 spiro atoms. The zero-order chi connectivity index (χ0) is 32.6. The zero-order valence-corrected chi connectivity index (χ0v) is 25.6. The van der Waals surface area contributed by atoms with Crippen molar-refractivity contribution in [1.82, 2.24) is 14.8 Å². The first-order valence-corrected chi connectivity index (χ1v) is 16.0. The Hall–Kier alpha value is -4.94. The number of benzene rings is 4. The summed E-state index contributed by atoms with van der Waals surface area (Å²) in [4.78, 5) is 21.5. The molecule has 46 heavy (non-hydrogen) atoms. The summed E-state index contributed by atoms with van der Waals surface area (Å²) in [6, 6.07) is 21.7. The number of nitrogens with one attached hydrogen (secondary N) is 1. The number of amides is 1. The Morgan fingerprint density at radius 3 is 2.37 bits per heavy atom. The lowest BCUT2D eigenvalue weighted by atomic mass is 10.0. The van der Waals surface area contributed by atoms with Crippen molar-refractivity contribution in [2.75, 3.05) is 30.1 Å². The number of nitrogens with zero attached hydrogens (tertiary/aromatic N) is 3. The lowest BCUT2D eigenvalue weighted by Gasteiger charge is -2.40. The van der Waals surface area contributed by atoms with Gasteiger partial charge in [0.2, 0.25) is 0 Å². The van der Waals surface area contributed by atoms with Crippen molar-refractivity contribution < 1.29 is 26.4 Å². The van der Waals surface area contributed by atoms with Gasteiger partial charge in [0.1, 0.15) is 0 Å². The molecule has 1 amide bonds. The van der Waals surface area contributed by atoms with Crippen LogP contribution in [0.5, 0.6) is 0 Å². The minimum Gasteiger partial charge on any atom is -0.399 e. The Kier molecular flexibility index (Phi) is 8.41. The quantitative estimate of drug-likeness (QED) is 0.165. The summed E-state index contributed by atoms with van der Waals surface area (Å²) < 4.78 is 70.6. The Morgan fingerprint density at radius 1 is 0.935 bits per heavy atom. The molecule has 1 atom stereocenters. The number of fused-ring (bicyclic) bond motifs is 1. The van der Waals surface area contributed by atoms with Crippen molar-refractivity contribution in [2.24, 2.45) is 0 Å². The molecule has 0 radical (unpaired) electrons. The van der Waals surface area contributed by atoms with E-state index in [1.54, 1.807) is 35.4 Å². The number of anilines is 2. The fourth-order valence-electron chi connectivity index (χ4n) is 5.81. The average Bonchev–Trinajstić information content (AvgIpc) is 3.03. The summed E-state index contributed by atoms with van der Waals surface area (Å²) >= 11 is 0. The van der Waals surface area contributed by atoms with E-state index in [-0.39, 0.29) is 29.1 Å². The fraction of sp³-hybridized carbons (Fsp3) is 0.176. The van der Waals surface area contributed by atoms with Gasteiger partial charge in [-0.25, -0.2) is 21.6 Å². The molecule has 0 bridgehead atoms. The lowest BCUT2D eigenvalue weighted by Crippen LogP contribution is -2.53. The highest BCUT2D eigenvalue weighted by molar-refractivity contribution is 7.92. The number of nitrogens with two attached hydrogens (primary N) is 1. The van der Waals surface area contributed by atoms with Crippen LogP contribution in [0.25, 0.3) is 22.0 Å². The Morgan fingerprint density at radius 2 is 1.65 bits per heavy atom. The minimum absolute atomic E-state index is 0.0258. The van der Waals surface area contributed by atoms with Gasteiger partial charge in [-0.05, 0) is 73.2 Å². The van der Waals surface area contributed by atoms with Crippen LogP contribution in [0, 0.1) is 17.5 Å². The maximum atomic E-state index is 13.7. The first-order chi connectivity index (χ1) is 22.0. The lowest BCUT2D eigenvalue weighted by molar-refractivity contribution is 0.0475. The molecule has 0 aliphatic carbocycles. The summed E-state index contributed by atoms with van der Waals surface area (Å²) in [5.74, 6) is -4.21. The highest BCUT2D eigenvalue weighted by Crippen LogP contribution is 2.34. The Labute approximate surface area is 264 Å². The molecule has 0 saturated carbocycles. The standard InChI is InChI=1S/C34H30F3N5O3S/c1-21-19-41(20-22-16-29(35)32(37)30(36)17-22)14-15-42(21)34(43)24-7-10-26(11-8-24)40-46(44,45)31-12-9-25(38)18-28(31)27-6-2-4-23-5-3-13-39-33(23)27/h2-13,16-18,21,40H,14-15,19-20,38H2,1H3/t21-/m1/s1. The molecule has 1 fully saturated rings. The van der Waals surface area contributed by atoms with Gasteiger partial charge >= 0.3 is 0 Å². The van der Waals surface area contributed by atoms with Gasteiger partial charge in [0.05, 0.1) is 10.4 Å². The van der Waals surface area contributed by atoms with E-state index in [0.717, 1.165) is 17.5 Å². The van der Waals surface area contributed by atoms with Crippen LogP contribution in [0.3, 0.4) is 0 Å². The van der Waals surface area contributed by atoms with Crippen LogP contribution in [-0.4, -0.2) is 54.8 Å². The van der Waals surface area contributed by atoms with Crippen LogP contribution in [0.15, 0.2) is 96.0 Å². The number of aromatic nitrogens is 1. The Bertz CT molecular complexity index is 2030. The van der Waals surface area contributed by atoms with Crippen LogP contribution in [-0.2, 0) is 16.6 Å². The number of carbonyl (C=O) groups is 1. The Balaban J connectivity index is 1.16. The highest BCUT2D eigenvalue weighted by Gasteiger charge is 2.29. The van der Waals surface area contributed by atoms with E-state index in [1.165, 1.54) is 24.3 Å². The molecule has 2 heterocycles. The van der Waals surface area contributed by atoms with Crippen LogP contribution >= 0.6 is 0 Å². The second kappa shape index (κ2) is 12.5. The maximum Gasteiger partial charge on any atom is 0.262 e. The van der Waals surface area contributed by atoms with E-state index < -0.39 is 27.5 Å². The third kappa shape index (κ3) is 6.26. The van der Waals surface area contributed by atoms with Crippen LogP contribution in [0.1, 0.15) is 22.8 Å². The van der Waals surface area contributed by atoms with Crippen LogP contribution in [0.4, 0.5) is 24.5 Å². The van der Waals surface area contributed by atoms with E-state index in [9.17, 15) is 26.4 Å². The van der Waals surface area contributed by atoms with Gasteiger partial charge in [0, 0.05) is 71.9 Å². The highest BCUT2D eigenvalue weighted by atomic mass is 32.2. The molecule has 0 unspecified atom stereocenters. The number of para-hydroxylation sites is 1. The van der Waals surface area contributed by atoms with Gasteiger partial charge in [-0.1, -0.05) is 24.3 Å². The molecule has 5 aromatic rings. The first kappa shape index (κ1) is 31.1. The molecule has 4 aromatic carbocycles. The minimum atomic E-state index is -4.08. The molecule has 1 saturated heterocycles. The number of sulfonamides is 1. The van der Waals surface area contributed by atoms with Gasteiger partial charge < -0.3 is 10.6 Å². The second-order valence-corrected chi connectivity index (χ2v) is 12.9. The molecule has 236 valence electrons. The number of carbonyl (C=O) groups excluding carboxylic acids is 1. The molecule has 6 rings (SSSR count). The first-order valence-electron chi connectivity index (χ1n) is 14.5. The summed E-state index contributed by atoms with van der Waals surface area (Å²) in [6.45, 7) is 3.34. The number of rotatable bonds is 7. The zero-order valence-electron chi connectivity index (χ0n) is 24.8. The van der Waals surface area contributed by atoms with Gasteiger partial charge in [-0.15, -0.1) is 0 Å². The molecule has 12 heteroatoms. The molecular weight excluding hydrogens is 615 g/mol. The van der Waals surface area contributed by atoms with Crippen LogP contribution in [0.2, 0.25) is 0 Å². The number of nitrogen functional groups attached to an aromatic ring is 1. The summed E-state index contributed by atoms with van der Waals surface area (Å²) in [5, 5.41) is 0.855. The third-order valence-electron chi connectivity index (χ3n) is 8.02. The molecule has 1 aromatic heterocycles.